The van der Waals surface area contributed by atoms with Crippen molar-refractivity contribution in [2.75, 3.05) is 6.54 Å². The summed E-state index contributed by atoms with van der Waals surface area (Å²) < 4.78 is 0. The molecule has 1 aliphatic carbocycles. The van der Waals surface area contributed by atoms with Crippen molar-refractivity contribution in [1.29, 1.82) is 0 Å². The number of pyridine rings is 1. The van der Waals surface area contributed by atoms with Gasteiger partial charge in [-0.3, -0.25) is 4.79 Å². The van der Waals surface area contributed by atoms with Crippen LogP contribution in [0.25, 0.3) is 22.2 Å². The lowest BCUT2D eigenvalue weighted by Crippen LogP contribution is -2.15. The van der Waals surface area contributed by atoms with Crippen molar-refractivity contribution in [3.8, 4) is 11.1 Å². The maximum atomic E-state index is 11.7. The Morgan fingerprint density at radius 2 is 2.00 bits per heavy atom. The molecule has 3 heterocycles. The first-order valence-corrected chi connectivity index (χ1v) is 10.0. The van der Waals surface area contributed by atoms with E-state index in [-0.39, 0.29) is 11.8 Å². The second-order valence-electron chi connectivity index (χ2n) is 8.70. The normalized spacial score (nSPS) is 20.0. The number of hydrogen-bond donors (Lipinski definition) is 3. The molecule has 5 heteroatoms. The van der Waals surface area contributed by atoms with Crippen LogP contribution in [0, 0.1) is 0 Å². The van der Waals surface area contributed by atoms with Crippen LogP contribution in [0.15, 0.2) is 36.5 Å². The quantitative estimate of drug-likeness (QED) is 0.646. The summed E-state index contributed by atoms with van der Waals surface area (Å²) in [6.45, 7) is 4.28. The SMILES string of the molecule is CC(C)(O)c1cnc2[nH]c(C3CC3)c(-c3cccc(C4CNC(=O)C4)c3)c2c1. The van der Waals surface area contributed by atoms with Gasteiger partial charge in [0.25, 0.3) is 0 Å². The fourth-order valence-electron chi connectivity index (χ4n) is 4.20. The number of rotatable bonds is 4. The van der Waals surface area contributed by atoms with Crippen LogP contribution in [-0.2, 0) is 10.4 Å². The molecule has 3 aromatic rings. The highest BCUT2D eigenvalue weighted by atomic mass is 16.3. The van der Waals surface area contributed by atoms with E-state index in [1.165, 1.54) is 29.7 Å². The van der Waals surface area contributed by atoms with Crippen molar-refractivity contribution < 1.29 is 9.90 Å². The molecule has 2 fully saturated rings. The van der Waals surface area contributed by atoms with E-state index in [1.54, 1.807) is 20.0 Å². The molecule has 28 heavy (non-hydrogen) atoms. The highest BCUT2D eigenvalue weighted by Crippen LogP contribution is 2.47. The molecule has 0 bridgehead atoms. The number of carbonyl (C=O) groups excluding carboxylic acids is 1. The molecule has 5 nitrogen and oxygen atoms in total. The van der Waals surface area contributed by atoms with Crippen LogP contribution < -0.4 is 5.32 Å². The lowest BCUT2D eigenvalue weighted by molar-refractivity contribution is -0.119. The minimum Gasteiger partial charge on any atom is -0.386 e. The Morgan fingerprint density at radius 3 is 2.68 bits per heavy atom. The molecule has 1 saturated carbocycles. The van der Waals surface area contributed by atoms with Crippen LogP contribution >= 0.6 is 0 Å². The van der Waals surface area contributed by atoms with Gasteiger partial charge < -0.3 is 15.4 Å². The van der Waals surface area contributed by atoms with E-state index in [9.17, 15) is 9.90 Å². The molecule has 2 aromatic heterocycles. The summed E-state index contributed by atoms with van der Waals surface area (Å²) in [5.74, 6) is 0.903. The summed E-state index contributed by atoms with van der Waals surface area (Å²) in [5.41, 5.74) is 5.52. The van der Waals surface area contributed by atoms with Crippen molar-refractivity contribution >= 4 is 16.9 Å². The smallest absolute Gasteiger partial charge is 0.220 e. The van der Waals surface area contributed by atoms with Gasteiger partial charge in [0.1, 0.15) is 5.65 Å². The minimum atomic E-state index is -0.937. The maximum Gasteiger partial charge on any atom is 0.220 e. The summed E-state index contributed by atoms with van der Waals surface area (Å²) >= 11 is 0. The molecule has 1 aliphatic heterocycles. The van der Waals surface area contributed by atoms with Gasteiger partial charge in [0.05, 0.1) is 5.60 Å². The molecule has 1 amide bonds. The number of hydrogen-bond acceptors (Lipinski definition) is 3. The fourth-order valence-corrected chi connectivity index (χ4v) is 4.20. The Kier molecular flexibility index (Phi) is 3.85. The Hall–Kier alpha value is -2.66. The number of amides is 1. The number of H-pyrrole nitrogens is 1. The molecule has 2 aliphatic rings. The predicted molar refractivity (Wildman–Crippen MR) is 109 cm³/mol. The van der Waals surface area contributed by atoms with Crippen LogP contribution in [0.1, 0.15) is 61.8 Å². The number of nitrogens with one attached hydrogen (secondary N) is 2. The summed E-state index contributed by atoms with van der Waals surface area (Å²) in [7, 11) is 0. The fraction of sp³-hybridized carbons (Fsp3) is 0.391. The number of aliphatic hydroxyl groups is 1. The zero-order valence-corrected chi connectivity index (χ0v) is 16.2. The standard InChI is InChI=1S/C23H25N3O2/c1-23(2,28)17-10-18-20(21(13-6-7-13)26-22(18)25-12-17)15-5-3-4-14(8-15)16-9-19(27)24-11-16/h3-5,8,10,12-13,16,28H,6-7,9,11H2,1-2H3,(H,24,27)(H,25,26). The number of aromatic amines is 1. The topological polar surface area (TPSA) is 78.0 Å². The third-order valence-corrected chi connectivity index (χ3v) is 6.00. The van der Waals surface area contributed by atoms with Gasteiger partial charge in [-0.15, -0.1) is 0 Å². The van der Waals surface area contributed by atoms with Gasteiger partial charge >= 0.3 is 0 Å². The third kappa shape index (κ3) is 3.00. The zero-order valence-electron chi connectivity index (χ0n) is 16.2. The van der Waals surface area contributed by atoms with Crippen LogP contribution in [0.3, 0.4) is 0 Å². The van der Waals surface area contributed by atoms with Gasteiger partial charge in [-0.05, 0) is 49.8 Å². The number of aromatic nitrogens is 2. The molecule has 1 unspecified atom stereocenters. The van der Waals surface area contributed by atoms with Gasteiger partial charge in [0, 0.05) is 47.3 Å². The monoisotopic (exact) mass is 375 g/mol. The van der Waals surface area contributed by atoms with Crippen molar-refractivity contribution in [2.45, 2.75) is 50.5 Å². The van der Waals surface area contributed by atoms with Crippen molar-refractivity contribution in [3.05, 3.63) is 53.3 Å². The van der Waals surface area contributed by atoms with Crippen LogP contribution in [0.4, 0.5) is 0 Å². The van der Waals surface area contributed by atoms with Gasteiger partial charge in [-0.1, -0.05) is 24.3 Å². The summed E-state index contributed by atoms with van der Waals surface area (Å²) in [6, 6.07) is 10.6. The second-order valence-corrected chi connectivity index (χ2v) is 8.70. The Labute approximate surface area is 164 Å². The van der Waals surface area contributed by atoms with Gasteiger partial charge in [0.2, 0.25) is 5.91 Å². The van der Waals surface area contributed by atoms with Crippen molar-refractivity contribution in [2.24, 2.45) is 0 Å². The molecule has 1 saturated heterocycles. The first-order chi connectivity index (χ1) is 13.4. The molecule has 1 atom stereocenters. The second kappa shape index (κ2) is 6.17. The number of benzene rings is 1. The first kappa shape index (κ1) is 17.4. The van der Waals surface area contributed by atoms with E-state index in [0.29, 0.717) is 18.9 Å². The largest absolute Gasteiger partial charge is 0.386 e. The van der Waals surface area contributed by atoms with E-state index in [1.807, 2.05) is 0 Å². The van der Waals surface area contributed by atoms with Crippen molar-refractivity contribution in [1.82, 2.24) is 15.3 Å². The van der Waals surface area contributed by atoms with E-state index in [2.05, 4.69) is 45.6 Å². The molecule has 0 spiro atoms. The lowest BCUT2D eigenvalue weighted by Gasteiger charge is -2.17. The Morgan fingerprint density at radius 1 is 1.18 bits per heavy atom. The molecule has 5 rings (SSSR count). The molecule has 1 aromatic carbocycles. The summed E-state index contributed by atoms with van der Waals surface area (Å²) in [4.78, 5) is 19.8. The first-order valence-electron chi connectivity index (χ1n) is 10.0. The van der Waals surface area contributed by atoms with Gasteiger partial charge in [-0.2, -0.15) is 0 Å². The van der Waals surface area contributed by atoms with E-state index in [4.69, 9.17) is 0 Å². The average Bonchev–Trinajstić information content (AvgIpc) is 3.30. The van der Waals surface area contributed by atoms with E-state index in [0.717, 1.165) is 22.2 Å². The Balaban J connectivity index is 1.67. The average molecular weight is 375 g/mol. The lowest BCUT2D eigenvalue weighted by atomic mass is 9.92. The van der Waals surface area contributed by atoms with Crippen LogP contribution in [0.2, 0.25) is 0 Å². The third-order valence-electron chi connectivity index (χ3n) is 6.00. The highest BCUT2D eigenvalue weighted by molar-refractivity contribution is 5.96. The Bertz CT molecular complexity index is 1070. The predicted octanol–water partition coefficient (Wildman–Crippen LogP) is 3.94. The molecule has 0 radical (unpaired) electrons. The maximum absolute atomic E-state index is 11.7. The minimum absolute atomic E-state index is 0.125. The van der Waals surface area contributed by atoms with E-state index >= 15 is 0 Å². The van der Waals surface area contributed by atoms with Crippen LogP contribution in [-0.4, -0.2) is 27.5 Å². The molecule has 3 N–H and O–H groups in total. The summed E-state index contributed by atoms with van der Waals surface area (Å²) in [5, 5.41) is 14.4. The number of nitrogens with zero attached hydrogens (tertiary/aromatic N) is 1. The van der Waals surface area contributed by atoms with E-state index < -0.39 is 5.60 Å². The van der Waals surface area contributed by atoms with Crippen LogP contribution in [0.5, 0.6) is 0 Å². The number of carbonyl (C=O) groups is 1. The zero-order chi connectivity index (χ0) is 19.5. The summed E-state index contributed by atoms with van der Waals surface area (Å²) in [6.07, 6.45) is 4.70. The van der Waals surface area contributed by atoms with Gasteiger partial charge in [-0.25, -0.2) is 4.98 Å². The highest BCUT2D eigenvalue weighted by Gasteiger charge is 2.31. The molecule has 144 valence electrons. The van der Waals surface area contributed by atoms with Crippen molar-refractivity contribution in [3.63, 3.8) is 0 Å². The number of fused-ring (bicyclic) bond motifs is 1. The molecular formula is C23H25N3O2. The van der Waals surface area contributed by atoms with Gasteiger partial charge in [0.15, 0.2) is 0 Å². The molecular weight excluding hydrogens is 350 g/mol.